The van der Waals surface area contributed by atoms with Crippen molar-refractivity contribution in [1.29, 1.82) is 0 Å². The van der Waals surface area contributed by atoms with Crippen LogP contribution in [0.25, 0.3) is 0 Å². The summed E-state index contributed by atoms with van der Waals surface area (Å²) in [5.41, 5.74) is 0. The Bertz CT molecular complexity index is 62.2. The molecule has 0 spiro atoms. The van der Waals surface area contributed by atoms with Gasteiger partial charge in [-0.05, 0) is 0 Å². The van der Waals surface area contributed by atoms with Crippen molar-refractivity contribution in [2.75, 3.05) is 0 Å². The van der Waals surface area contributed by atoms with Gasteiger partial charge in [-0.25, -0.2) is 4.57 Å². The largest absolute Gasteiger partial charge is 1.00 e. The molecule has 0 aromatic heterocycles. The molecule has 7 heteroatoms. The maximum atomic E-state index is 8.88. The first kappa shape index (κ1) is 22.6. The summed E-state index contributed by atoms with van der Waals surface area (Å²) in [6.07, 6.45) is 0. The molecule has 0 aliphatic heterocycles. The predicted octanol–water partition coefficient (Wildman–Crippen LogP) is -3.48. The van der Waals surface area contributed by atoms with Gasteiger partial charge in [0.15, 0.2) is 0 Å². The van der Waals surface area contributed by atoms with Crippen LogP contribution in [0.4, 0.5) is 0 Å². The Balaban J connectivity index is -0.0000000267. The average Bonchev–Trinajstić information content (AvgIpc) is 0.722. The van der Waals surface area contributed by atoms with Crippen LogP contribution in [0.3, 0.4) is 0 Å². The third kappa shape index (κ3) is 117. The minimum atomic E-state index is -4.64. The summed E-state index contributed by atoms with van der Waals surface area (Å²) in [7, 11) is -4.64. The topological polar surface area (TPSA) is 77.8 Å². The molecule has 0 aliphatic rings. The van der Waals surface area contributed by atoms with Crippen LogP contribution in [0.2, 0.25) is 0 Å². The van der Waals surface area contributed by atoms with Gasteiger partial charge in [0.1, 0.15) is 0 Å². The number of hydrogen-bond acceptors (Lipinski definition) is 1. The Morgan fingerprint density at radius 1 is 1.12 bits per heavy atom. The van der Waals surface area contributed by atoms with E-state index in [1.807, 2.05) is 0 Å². The molecule has 0 aliphatic carbocycles. The Morgan fingerprint density at radius 2 is 1.12 bits per heavy atom. The molecule has 0 rings (SSSR count). The molecular weight excluding hydrogens is 195 g/mol. The van der Waals surface area contributed by atoms with Crippen LogP contribution in [0.15, 0.2) is 0 Å². The predicted molar refractivity (Wildman–Crippen MR) is 20.7 cm³/mol. The van der Waals surface area contributed by atoms with Crippen LogP contribution in [-0.2, 0) is 24.0 Å². The molecule has 0 heterocycles. The SMILES string of the molecule is O=P(O)(O)O.[CH3-].[Na+].[Zn]. The second kappa shape index (κ2) is 8.73. The zero-order valence-electron chi connectivity index (χ0n) is 4.90. The van der Waals surface area contributed by atoms with E-state index in [4.69, 9.17) is 19.2 Å². The molecule has 8 heavy (non-hydrogen) atoms. The Labute approximate surface area is 83.0 Å². The molecule has 0 fully saturated rings. The van der Waals surface area contributed by atoms with E-state index in [-0.39, 0.29) is 56.5 Å². The van der Waals surface area contributed by atoms with Crippen molar-refractivity contribution >= 4 is 7.82 Å². The van der Waals surface area contributed by atoms with Crippen LogP contribution < -0.4 is 29.6 Å². The fourth-order valence-electron chi connectivity index (χ4n) is 0. The zero-order valence-corrected chi connectivity index (χ0v) is 10.8. The fourth-order valence-corrected chi connectivity index (χ4v) is 0. The molecular formula is CH6NaO4PZn. The van der Waals surface area contributed by atoms with E-state index >= 15 is 0 Å². The van der Waals surface area contributed by atoms with E-state index in [2.05, 4.69) is 0 Å². The van der Waals surface area contributed by atoms with E-state index in [0.29, 0.717) is 0 Å². The minimum Gasteiger partial charge on any atom is -0.358 e. The third-order valence-electron chi connectivity index (χ3n) is 0. The monoisotopic (exact) mass is 200 g/mol. The molecule has 0 aromatic rings. The van der Waals surface area contributed by atoms with Crippen LogP contribution in [0.5, 0.6) is 0 Å². The van der Waals surface area contributed by atoms with E-state index in [0.717, 1.165) is 0 Å². The molecule has 4 nitrogen and oxygen atoms in total. The van der Waals surface area contributed by atoms with E-state index in [1.54, 1.807) is 0 Å². The molecule has 0 radical (unpaired) electrons. The van der Waals surface area contributed by atoms with Gasteiger partial charge in [0.05, 0.1) is 0 Å². The standard InChI is InChI=1S/CH3.Na.H3O4P.Zn/c;;1-5(2,3)4;/h1H3;;(H3,1,2,3,4);/q-1;+1;;. The summed E-state index contributed by atoms with van der Waals surface area (Å²) < 4.78 is 8.88. The summed E-state index contributed by atoms with van der Waals surface area (Å²) >= 11 is 0. The van der Waals surface area contributed by atoms with Gasteiger partial charge in [0, 0.05) is 19.5 Å². The summed E-state index contributed by atoms with van der Waals surface area (Å²) in [6, 6.07) is 0. The first-order valence-electron chi connectivity index (χ1n) is 0.783. The summed E-state index contributed by atoms with van der Waals surface area (Å²) in [5, 5.41) is 0. The zero-order chi connectivity index (χ0) is 4.50. The second-order valence-corrected chi connectivity index (χ2v) is 1.54. The van der Waals surface area contributed by atoms with Crippen molar-refractivity contribution < 1.29 is 68.3 Å². The van der Waals surface area contributed by atoms with Crippen LogP contribution >= 0.6 is 7.82 Å². The van der Waals surface area contributed by atoms with Gasteiger partial charge in [-0.2, -0.15) is 0 Å². The summed E-state index contributed by atoms with van der Waals surface area (Å²) in [5.74, 6) is 0. The second-order valence-electron chi connectivity index (χ2n) is 0.513. The molecule has 0 bridgehead atoms. The molecule has 0 amide bonds. The first-order chi connectivity index (χ1) is 2.00. The van der Waals surface area contributed by atoms with Crippen molar-refractivity contribution in [2.45, 2.75) is 0 Å². The minimum absolute atomic E-state index is 0. The van der Waals surface area contributed by atoms with Crippen LogP contribution in [0.1, 0.15) is 0 Å². The summed E-state index contributed by atoms with van der Waals surface area (Å²) in [6.45, 7) is 0. The Morgan fingerprint density at radius 3 is 1.12 bits per heavy atom. The third-order valence-corrected chi connectivity index (χ3v) is 0. The molecule has 0 unspecified atom stereocenters. The average molecular weight is 201 g/mol. The fraction of sp³-hybridized carbons (Fsp3) is 0. The van der Waals surface area contributed by atoms with Gasteiger partial charge in [-0.3, -0.25) is 0 Å². The molecule has 0 aromatic carbocycles. The van der Waals surface area contributed by atoms with Crippen molar-refractivity contribution in [3.8, 4) is 0 Å². The maximum Gasteiger partial charge on any atom is 1.00 e. The number of rotatable bonds is 0. The van der Waals surface area contributed by atoms with Crippen molar-refractivity contribution in [3.05, 3.63) is 7.43 Å². The number of phosphoric acid groups is 1. The Hall–Kier alpha value is 1.73. The van der Waals surface area contributed by atoms with Crippen molar-refractivity contribution in [3.63, 3.8) is 0 Å². The Kier molecular flexibility index (Phi) is 24.7. The molecule has 0 saturated heterocycles. The van der Waals surface area contributed by atoms with E-state index < -0.39 is 7.82 Å². The van der Waals surface area contributed by atoms with E-state index in [1.165, 1.54) is 0 Å². The molecule has 0 atom stereocenters. The van der Waals surface area contributed by atoms with Crippen molar-refractivity contribution in [1.82, 2.24) is 0 Å². The van der Waals surface area contributed by atoms with Gasteiger partial charge >= 0.3 is 37.4 Å². The maximum absolute atomic E-state index is 8.88. The molecule has 3 N–H and O–H groups in total. The van der Waals surface area contributed by atoms with Gasteiger partial charge in [-0.15, -0.1) is 0 Å². The van der Waals surface area contributed by atoms with Crippen molar-refractivity contribution in [2.24, 2.45) is 0 Å². The van der Waals surface area contributed by atoms with Crippen LogP contribution in [0, 0.1) is 7.43 Å². The number of hydrogen-bond donors (Lipinski definition) is 3. The van der Waals surface area contributed by atoms with Gasteiger partial charge < -0.3 is 22.1 Å². The quantitative estimate of drug-likeness (QED) is 0.216. The normalized spacial score (nSPS) is 7.38. The summed E-state index contributed by atoms with van der Waals surface area (Å²) in [4.78, 5) is 21.6. The van der Waals surface area contributed by atoms with Gasteiger partial charge in [0.25, 0.3) is 0 Å². The first-order valence-corrected chi connectivity index (χ1v) is 2.35. The molecule has 0 saturated carbocycles. The van der Waals surface area contributed by atoms with E-state index in [9.17, 15) is 0 Å². The van der Waals surface area contributed by atoms with Crippen LogP contribution in [-0.4, -0.2) is 14.7 Å². The van der Waals surface area contributed by atoms with Gasteiger partial charge in [-0.1, -0.05) is 0 Å². The van der Waals surface area contributed by atoms with Gasteiger partial charge in [0.2, 0.25) is 0 Å². The molecule has 42 valence electrons. The smallest absolute Gasteiger partial charge is 0.358 e.